The number of hydrogen-bond acceptors (Lipinski definition) is 8. The molecule has 4 rings (SSSR count). The van der Waals surface area contributed by atoms with Gasteiger partial charge in [-0.2, -0.15) is 0 Å². The summed E-state index contributed by atoms with van der Waals surface area (Å²) < 4.78 is 12.7. The van der Waals surface area contributed by atoms with Crippen molar-refractivity contribution in [3.63, 3.8) is 0 Å². The van der Waals surface area contributed by atoms with Crippen LogP contribution in [0.5, 0.6) is 11.5 Å². The van der Waals surface area contributed by atoms with Crippen LogP contribution < -0.4 is 14.8 Å². The van der Waals surface area contributed by atoms with Crippen LogP contribution in [0.25, 0.3) is 0 Å². The number of hydrogen-bond donors (Lipinski definition) is 1. The standard InChI is InChI=1S/C17H17N5O3S2/c1-11(27-17-19-20-21-22(17)10-13-3-2-8-26-13)16(23)18-12-4-5-14-15(9-12)25-7-6-24-14/h2-5,8-9,11H,6-7,10H2,1H3,(H,18,23)/t11-/m1/s1. The number of carbonyl (C=O) groups excluding carboxylic acids is 1. The highest BCUT2D eigenvalue weighted by molar-refractivity contribution is 8.00. The molecule has 27 heavy (non-hydrogen) atoms. The molecule has 140 valence electrons. The predicted molar refractivity (Wildman–Crippen MR) is 103 cm³/mol. The minimum Gasteiger partial charge on any atom is -0.486 e. The number of tetrazole rings is 1. The van der Waals surface area contributed by atoms with Crippen LogP contribution in [0.1, 0.15) is 11.8 Å². The molecule has 3 heterocycles. The first-order valence-corrected chi connectivity index (χ1v) is 10.1. The van der Waals surface area contributed by atoms with E-state index >= 15 is 0 Å². The normalized spacial score (nSPS) is 14.0. The number of thioether (sulfide) groups is 1. The van der Waals surface area contributed by atoms with Crippen LogP contribution in [0.3, 0.4) is 0 Å². The van der Waals surface area contributed by atoms with E-state index in [0.29, 0.717) is 42.1 Å². The fourth-order valence-electron chi connectivity index (χ4n) is 2.51. The summed E-state index contributed by atoms with van der Waals surface area (Å²) in [4.78, 5) is 13.7. The maximum absolute atomic E-state index is 12.6. The molecule has 0 radical (unpaired) electrons. The number of benzene rings is 1. The Hall–Kier alpha value is -2.59. The monoisotopic (exact) mass is 403 g/mol. The lowest BCUT2D eigenvalue weighted by molar-refractivity contribution is -0.115. The second-order valence-corrected chi connectivity index (χ2v) is 8.15. The molecule has 3 aromatic rings. The van der Waals surface area contributed by atoms with Crippen LogP contribution in [0.2, 0.25) is 0 Å². The minimum atomic E-state index is -0.369. The fourth-order valence-corrected chi connectivity index (χ4v) is 3.98. The van der Waals surface area contributed by atoms with Crippen molar-refractivity contribution in [1.82, 2.24) is 20.2 Å². The summed E-state index contributed by atoms with van der Waals surface area (Å²) in [5, 5.41) is 16.9. The van der Waals surface area contributed by atoms with Gasteiger partial charge in [-0.3, -0.25) is 4.79 Å². The van der Waals surface area contributed by atoms with Crippen molar-refractivity contribution in [2.45, 2.75) is 23.9 Å². The lowest BCUT2D eigenvalue weighted by Crippen LogP contribution is -2.23. The zero-order chi connectivity index (χ0) is 18.6. The van der Waals surface area contributed by atoms with Gasteiger partial charge in [0.05, 0.1) is 11.8 Å². The van der Waals surface area contributed by atoms with Gasteiger partial charge in [-0.25, -0.2) is 4.68 Å². The van der Waals surface area contributed by atoms with E-state index < -0.39 is 0 Å². The molecule has 10 heteroatoms. The molecular formula is C17H17N5O3S2. The number of ether oxygens (including phenoxy) is 2. The smallest absolute Gasteiger partial charge is 0.237 e. The molecule has 1 aliphatic heterocycles. The third kappa shape index (κ3) is 4.22. The summed E-state index contributed by atoms with van der Waals surface area (Å²) >= 11 is 2.96. The molecule has 1 N–H and O–H groups in total. The molecule has 0 spiro atoms. The summed E-state index contributed by atoms with van der Waals surface area (Å²) in [5.41, 5.74) is 0.662. The number of nitrogens with zero attached hydrogens (tertiary/aromatic N) is 4. The van der Waals surface area contributed by atoms with Gasteiger partial charge >= 0.3 is 0 Å². The van der Waals surface area contributed by atoms with Crippen LogP contribution in [-0.4, -0.2) is 44.6 Å². The summed E-state index contributed by atoms with van der Waals surface area (Å²) in [6, 6.07) is 9.37. The predicted octanol–water partition coefficient (Wildman–Crippen LogP) is 2.67. The van der Waals surface area contributed by atoms with E-state index in [1.807, 2.05) is 24.4 Å². The van der Waals surface area contributed by atoms with Crippen molar-refractivity contribution in [2.75, 3.05) is 18.5 Å². The van der Waals surface area contributed by atoms with Crippen LogP contribution in [0.15, 0.2) is 40.9 Å². The Bertz CT molecular complexity index is 929. The molecule has 2 aromatic heterocycles. The third-order valence-electron chi connectivity index (χ3n) is 3.85. The first-order valence-electron chi connectivity index (χ1n) is 8.35. The summed E-state index contributed by atoms with van der Waals surface area (Å²) in [6.07, 6.45) is 0. The molecular weight excluding hydrogens is 386 g/mol. The van der Waals surface area contributed by atoms with Crippen molar-refractivity contribution in [2.24, 2.45) is 0 Å². The van der Waals surface area contributed by atoms with Crippen LogP contribution in [0.4, 0.5) is 5.69 Å². The zero-order valence-electron chi connectivity index (χ0n) is 14.5. The van der Waals surface area contributed by atoms with Crippen molar-refractivity contribution < 1.29 is 14.3 Å². The Kier molecular flexibility index (Phi) is 5.26. The Balaban J connectivity index is 1.39. The second kappa shape index (κ2) is 7.97. The van der Waals surface area contributed by atoms with E-state index in [1.165, 1.54) is 11.8 Å². The highest BCUT2D eigenvalue weighted by atomic mass is 32.2. The molecule has 1 amide bonds. The van der Waals surface area contributed by atoms with Gasteiger partial charge in [0.2, 0.25) is 11.1 Å². The van der Waals surface area contributed by atoms with Gasteiger partial charge in [0.25, 0.3) is 0 Å². The number of thiophene rings is 1. The van der Waals surface area contributed by atoms with Crippen molar-refractivity contribution in [1.29, 1.82) is 0 Å². The topological polar surface area (TPSA) is 91.2 Å². The van der Waals surface area contributed by atoms with Crippen LogP contribution in [-0.2, 0) is 11.3 Å². The number of amides is 1. The van der Waals surface area contributed by atoms with E-state index in [4.69, 9.17) is 9.47 Å². The number of rotatable bonds is 6. The molecule has 1 atom stereocenters. The van der Waals surface area contributed by atoms with E-state index in [0.717, 1.165) is 4.88 Å². The zero-order valence-corrected chi connectivity index (χ0v) is 16.1. The summed E-state index contributed by atoms with van der Waals surface area (Å²) in [6.45, 7) is 3.45. The Morgan fingerprint density at radius 1 is 1.33 bits per heavy atom. The molecule has 8 nitrogen and oxygen atoms in total. The van der Waals surface area contributed by atoms with E-state index in [1.54, 1.807) is 34.2 Å². The molecule has 1 aromatic carbocycles. The molecule has 0 saturated carbocycles. The molecule has 0 fully saturated rings. The maximum atomic E-state index is 12.6. The Morgan fingerprint density at radius 3 is 3.00 bits per heavy atom. The van der Waals surface area contributed by atoms with Gasteiger partial charge < -0.3 is 14.8 Å². The molecule has 0 aliphatic carbocycles. The lowest BCUT2D eigenvalue weighted by atomic mass is 10.2. The van der Waals surface area contributed by atoms with Crippen LogP contribution >= 0.6 is 23.1 Å². The van der Waals surface area contributed by atoms with E-state index in [2.05, 4.69) is 20.8 Å². The number of aromatic nitrogens is 4. The van der Waals surface area contributed by atoms with Crippen molar-refractivity contribution >= 4 is 34.7 Å². The van der Waals surface area contributed by atoms with Gasteiger partial charge in [-0.1, -0.05) is 17.8 Å². The average molecular weight is 403 g/mol. The second-order valence-electron chi connectivity index (χ2n) is 5.81. The third-order valence-corrected chi connectivity index (χ3v) is 5.78. The number of anilines is 1. The summed E-state index contributed by atoms with van der Waals surface area (Å²) in [7, 11) is 0. The average Bonchev–Trinajstić information content (AvgIpc) is 3.34. The minimum absolute atomic E-state index is 0.137. The Labute approximate surface area is 163 Å². The number of nitrogens with one attached hydrogen (secondary N) is 1. The van der Waals surface area contributed by atoms with Gasteiger partial charge in [-0.05, 0) is 40.9 Å². The molecule has 0 bridgehead atoms. The quantitative estimate of drug-likeness (QED) is 0.633. The van der Waals surface area contributed by atoms with E-state index in [9.17, 15) is 4.79 Å². The van der Waals surface area contributed by atoms with E-state index in [-0.39, 0.29) is 11.2 Å². The molecule has 1 aliphatic rings. The first-order chi connectivity index (χ1) is 13.2. The van der Waals surface area contributed by atoms with Crippen LogP contribution in [0, 0.1) is 0 Å². The van der Waals surface area contributed by atoms with Crippen molar-refractivity contribution in [3.05, 3.63) is 40.6 Å². The lowest BCUT2D eigenvalue weighted by Gasteiger charge is -2.19. The number of fused-ring (bicyclic) bond motifs is 1. The summed E-state index contributed by atoms with van der Waals surface area (Å²) in [5.74, 6) is 1.19. The van der Waals surface area contributed by atoms with Gasteiger partial charge in [0.1, 0.15) is 13.2 Å². The fraction of sp³-hybridized carbons (Fsp3) is 0.294. The van der Waals surface area contributed by atoms with Gasteiger partial charge in [-0.15, -0.1) is 16.4 Å². The maximum Gasteiger partial charge on any atom is 0.237 e. The van der Waals surface area contributed by atoms with Gasteiger partial charge in [0.15, 0.2) is 11.5 Å². The highest BCUT2D eigenvalue weighted by Gasteiger charge is 2.20. The SMILES string of the molecule is C[C@@H](Sc1nnnn1Cc1cccs1)C(=O)Nc1ccc2c(c1)OCCO2. The Morgan fingerprint density at radius 2 is 2.19 bits per heavy atom. The molecule has 0 saturated heterocycles. The van der Waals surface area contributed by atoms with Crippen molar-refractivity contribution in [3.8, 4) is 11.5 Å². The largest absolute Gasteiger partial charge is 0.486 e. The highest BCUT2D eigenvalue weighted by Crippen LogP contribution is 2.33. The molecule has 0 unspecified atom stereocenters. The number of carbonyl (C=O) groups is 1. The van der Waals surface area contributed by atoms with Gasteiger partial charge in [0, 0.05) is 16.6 Å². The first kappa shape index (κ1) is 17.8.